The first-order valence-corrected chi connectivity index (χ1v) is 3.40. The fraction of sp³-hybridized carbons (Fsp3) is 0.500. The van der Waals surface area contributed by atoms with Crippen molar-refractivity contribution in [2.45, 2.75) is 12.2 Å². The Balaban J connectivity index is 3.49. The summed E-state index contributed by atoms with van der Waals surface area (Å²) in [5.74, 6) is 0. The molecular weight excluding hydrogens is 144 g/mol. The number of aliphatic hydroxyl groups excluding tert-OH is 2. The third kappa shape index (κ3) is 4.72. The molecule has 0 fully saturated rings. The molecule has 3 nitrogen and oxygen atoms in total. The van der Waals surface area contributed by atoms with Gasteiger partial charge in [0.25, 0.3) is 0 Å². The van der Waals surface area contributed by atoms with Gasteiger partial charge in [0.1, 0.15) is 6.10 Å². The van der Waals surface area contributed by atoms with Crippen molar-refractivity contribution in [1.29, 1.82) is 0 Å². The molecule has 0 aromatic heterocycles. The molecule has 0 aliphatic rings. The fourth-order valence-corrected chi connectivity index (χ4v) is 0.507. The van der Waals surface area contributed by atoms with Crippen LogP contribution in [0.3, 0.4) is 0 Å². The Hall–Kier alpha value is -0.640. The SMILES string of the molecule is C=CC(C=C)OCC(O)CO. The highest BCUT2D eigenvalue weighted by molar-refractivity contribution is 4.93. The number of aliphatic hydroxyl groups is 2. The highest BCUT2D eigenvalue weighted by Gasteiger charge is 2.04. The van der Waals surface area contributed by atoms with Crippen LogP contribution in [0.1, 0.15) is 0 Å². The van der Waals surface area contributed by atoms with E-state index in [9.17, 15) is 0 Å². The van der Waals surface area contributed by atoms with Crippen molar-refractivity contribution in [2.24, 2.45) is 0 Å². The Morgan fingerprint density at radius 1 is 1.36 bits per heavy atom. The Labute approximate surface area is 66.6 Å². The second kappa shape index (κ2) is 6.09. The van der Waals surface area contributed by atoms with Crippen LogP contribution >= 0.6 is 0 Å². The zero-order chi connectivity index (χ0) is 8.69. The predicted octanol–water partition coefficient (Wildman–Crippen LogP) is 0.0968. The van der Waals surface area contributed by atoms with Gasteiger partial charge in [-0.25, -0.2) is 0 Å². The van der Waals surface area contributed by atoms with Gasteiger partial charge < -0.3 is 14.9 Å². The average Bonchev–Trinajstić information content (AvgIpc) is 2.06. The highest BCUT2D eigenvalue weighted by atomic mass is 16.5. The van der Waals surface area contributed by atoms with Crippen LogP contribution in [0, 0.1) is 0 Å². The van der Waals surface area contributed by atoms with E-state index in [2.05, 4.69) is 13.2 Å². The molecule has 0 radical (unpaired) electrons. The van der Waals surface area contributed by atoms with Gasteiger partial charge in [0.05, 0.1) is 19.3 Å². The van der Waals surface area contributed by atoms with Crippen LogP contribution in [0.4, 0.5) is 0 Å². The van der Waals surface area contributed by atoms with Gasteiger partial charge in [0.2, 0.25) is 0 Å². The van der Waals surface area contributed by atoms with Crippen molar-refractivity contribution in [3.05, 3.63) is 25.3 Å². The summed E-state index contributed by atoms with van der Waals surface area (Å²) in [4.78, 5) is 0. The highest BCUT2D eigenvalue weighted by Crippen LogP contribution is 1.95. The molecule has 2 N–H and O–H groups in total. The lowest BCUT2D eigenvalue weighted by molar-refractivity contribution is -0.00158. The van der Waals surface area contributed by atoms with Crippen LogP contribution in [-0.4, -0.2) is 35.6 Å². The van der Waals surface area contributed by atoms with Crippen LogP contribution in [0.2, 0.25) is 0 Å². The standard InChI is InChI=1S/C8H14O3/c1-3-8(4-2)11-6-7(10)5-9/h3-4,7-10H,1-2,5-6H2. The lowest BCUT2D eigenvalue weighted by Gasteiger charge is -2.11. The van der Waals surface area contributed by atoms with E-state index in [0.29, 0.717) is 0 Å². The summed E-state index contributed by atoms with van der Waals surface area (Å²) in [6, 6.07) is 0. The van der Waals surface area contributed by atoms with E-state index < -0.39 is 6.10 Å². The molecule has 3 heteroatoms. The predicted molar refractivity (Wildman–Crippen MR) is 43.2 cm³/mol. The molecule has 0 rings (SSSR count). The molecule has 11 heavy (non-hydrogen) atoms. The number of ether oxygens (including phenoxy) is 1. The molecule has 0 aromatic rings. The molecule has 0 heterocycles. The molecule has 0 aliphatic heterocycles. The van der Waals surface area contributed by atoms with Crippen LogP contribution in [0.15, 0.2) is 25.3 Å². The summed E-state index contributed by atoms with van der Waals surface area (Å²) in [6.45, 7) is 6.80. The van der Waals surface area contributed by atoms with E-state index in [4.69, 9.17) is 14.9 Å². The van der Waals surface area contributed by atoms with Gasteiger partial charge in [0.15, 0.2) is 0 Å². The van der Waals surface area contributed by atoms with Gasteiger partial charge in [0, 0.05) is 0 Å². The zero-order valence-electron chi connectivity index (χ0n) is 6.44. The van der Waals surface area contributed by atoms with Crippen molar-refractivity contribution in [3.8, 4) is 0 Å². The topological polar surface area (TPSA) is 49.7 Å². The first-order chi connectivity index (χ1) is 5.24. The Morgan fingerprint density at radius 2 is 1.91 bits per heavy atom. The maximum Gasteiger partial charge on any atom is 0.100 e. The summed E-state index contributed by atoms with van der Waals surface area (Å²) in [7, 11) is 0. The summed E-state index contributed by atoms with van der Waals surface area (Å²) in [5, 5.41) is 17.3. The van der Waals surface area contributed by atoms with Gasteiger partial charge >= 0.3 is 0 Å². The molecule has 0 saturated heterocycles. The van der Waals surface area contributed by atoms with Crippen LogP contribution in [0.5, 0.6) is 0 Å². The van der Waals surface area contributed by atoms with E-state index in [-0.39, 0.29) is 19.3 Å². The van der Waals surface area contributed by atoms with E-state index in [0.717, 1.165) is 0 Å². The Bertz CT molecular complexity index is 115. The second-order valence-electron chi connectivity index (χ2n) is 2.11. The normalized spacial score (nSPS) is 13.0. The summed E-state index contributed by atoms with van der Waals surface area (Å²) < 4.78 is 5.05. The first-order valence-electron chi connectivity index (χ1n) is 3.40. The number of hydrogen-bond acceptors (Lipinski definition) is 3. The average molecular weight is 158 g/mol. The molecule has 1 atom stereocenters. The third-order valence-corrected chi connectivity index (χ3v) is 1.16. The lowest BCUT2D eigenvalue weighted by Crippen LogP contribution is -2.22. The third-order valence-electron chi connectivity index (χ3n) is 1.16. The van der Waals surface area contributed by atoms with Crippen molar-refractivity contribution in [2.75, 3.05) is 13.2 Å². The quantitative estimate of drug-likeness (QED) is 0.539. The number of hydrogen-bond donors (Lipinski definition) is 2. The van der Waals surface area contributed by atoms with Crippen molar-refractivity contribution < 1.29 is 14.9 Å². The largest absolute Gasteiger partial charge is 0.394 e. The summed E-state index contributed by atoms with van der Waals surface area (Å²) >= 11 is 0. The van der Waals surface area contributed by atoms with Gasteiger partial charge in [-0.3, -0.25) is 0 Å². The molecular formula is C8H14O3. The zero-order valence-corrected chi connectivity index (χ0v) is 6.44. The molecule has 0 bridgehead atoms. The molecule has 0 spiro atoms. The van der Waals surface area contributed by atoms with Gasteiger partial charge in [-0.05, 0) is 0 Å². The minimum absolute atomic E-state index is 0.0964. The van der Waals surface area contributed by atoms with Crippen molar-refractivity contribution >= 4 is 0 Å². The Morgan fingerprint density at radius 3 is 2.27 bits per heavy atom. The van der Waals surface area contributed by atoms with Crippen LogP contribution in [0.25, 0.3) is 0 Å². The maximum atomic E-state index is 8.85. The van der Waals surface area contributed by atoms with Gasteiger partial charge in [-0.1, -0.05) is 12.2 Å². The Kier molecular flexibility index (Phi) is 5.74. The lowest BCUT2D eigenvalue weighted by atomic mass is 10.3. The molecule has 0 aliphatic carbocycles. The van der Waals surface area contributed by atoms with E-state index in [1.807, 2.05) is 0 Å². The second-order valence-corrected chi connectivity index (χ2v) is 2.11. The smallest absolute Gasteiger partial charge is 0.100 e. The van der Waals surface area contributed by atoms with Crippen molar-refractivity contribution in [3.63, 3.8) is 0 Å². The van der Waals surface area contributed by atoms with Crippen molar-refractivity contribution in [1.82, 2.24) is 0 Å². The summed E-state index contributed by atoms with van der Waals surface area (Å²) in [6.07, 6.45) is 2.06. The number of rotatable bonds is 6. The molecule has 0 aromatic carbocycles. The van der Waals surface area contributed by atoms with Crippen LogP contribution < -0.4 is 0 Å². The van der Waals surface area contributed by atoms with Crippen LogP contribution in [-0.2, 0) is 4.74 Å². The first kappa shape index (κ1) is 10.4. The van der Waals surface area contributed by atoms with E-state index in [1.165, 1.54) is 0 Å². The van der Waals surface area contributed by atoms with E-state index >= 15 is 0 Å². The van der Waals surface area contributed by atoms with Gasteiger partial charge in [-0.2, -0.15) is 0 Å². The monoisotopic (exact) mass is 158 g/mol. The molecule has 0 saturated carbocycles. The minimum atomic E-state index is -0.822. The molecule has 0 amide bonds. The van der Waals surface area contributed by atoms with Gasteiger partial charge in [-0.15, -0.1) is 13.2 Å². The molecule has 64 valence electrons. The minimum Gasteiger partial charge on any atom is -0.394 e. The van der Waals surface area contributed by atoms with E-state index in [1.54, 1.807) is 12.2 Å². The maximum absolute atomic E-state index is 8.85. The molecule has 1 unspecified atom stereocenters. The fourth-order valence-electron chi connectivity index (χ4n) is 0.507. The summed E-state index contributed by atoms with van der Waals surface area (Å²) in [5.41, 5.74) is 0.